The first-order chi connectivity index (χ1) is 7.08. The van der Waals surface area contributed by atoms with E-state index in [4.69, 9.17) is 5.73 Å². The molecule has 0 unspecified atom stereocenters. The summed E-state index contributed by atoms with van der Waals surface area (Å²) in [5, 5.41) is 9.27. The summed E-state index contributed by atoms with van der Waals surface area (Å²) in [4.78, 5) is 13.8. The van der Waals surface area contributed by atoms with E-state index >= 15 is 0 Å². The second-order valence-electron chi connectivity index (χ2n) is 2.70. The van der Waals surface area contributed by atoms with Gasteiger partial charge in [0.15, 0.2) is 5.03 Å². The third kappa shape index (κ3) is 4.58. The number of aliphatic imine (C=N–C) groups is 1. The van der Waals surface area contributed by atoms with Gasteiger partial charge in [-0.2, -0.15) is 0 Å². The summed E-state index contributed by atoms with van der Waals surface area (Å²) in [6, 6.07) is 7.66. The van der Waals surface area contributed by atoms with E-state index in [1.54, 1.807) is 5.43 Å². The molecule has 1 aromatic rings. The van der Waals surface area contributed by atoms with Gasteiger partial charge in [0.2, 0.25) is 0 Å². The number of hydrazine groups is 1. The molecule has 0 saturated carbocycles. The topological polar surface area (TPSA) is 93.5 Å². The Balaban J connectivity index is 2.59. The highest BCUT2D eigenvalue weighted by molar-refractivity contribution is 14.1. The van der Waals surface area contributed by atoms with Gasteiger partial charge in [-0.3, -0.25) is 0 Å². The van der Waals surface area contributed by atoms with Gasteiger partial charge in [0, 0.05) is 3.57 Å². The van der Waals surface area contributed by atoms with Crippen LogP contribution in [0.1, 0.15) is 5.56 Å². The predicted octanol–water partition coefficient (Wildman–Crippen LogP) is 0.887. The number of guanidine groups is 1. The highest BCUT2D eigenvalue weighted by atomic mass is 127. The fraction of sp³-hybridized carbons (Fsp3) is 0.125. The number of nitrogens with one attached hydrogen (secondary N) is 1. The van der Waals surface area contributed by atoms with Crippen LogP contribution in [-0.2, 0) is 6.54 Å². The summed E-state index contributed by atoms with van der Waals surface area (Å²) in [5.41, 5.74) is 7.99. The molecule has 0 amide bonds. The number of nitrogens with two attached hydrogens (primary N) is 1. The zero-order chi connectivity index (χ0) is 11.3. The van der Waals surface area contributed by atoms with Gasteiger partial charge in [-0.05, 0) is 40.3 Å². The van der Waals surface area contributed by atoms with Crippen LogP contribution in [0.3, 0.4) is 0 Å². The van der Waals surface area contributed by atoms with E-state index < -0.39 is 5.03 Å². The first-order valence-corrected chi connectivity index (χ1v) is 5.11. The number of rotatable bonds is 3. The van der Waals surface area contributed by atoms with Gasteiger partial charge < -0.3 is 5.73 Å². The molecule has 0 radical (unpaired) electrons. The van der Waals surface area contributed by atoms with Crippen LogP contribution >= 0.6 is 22.6 Å². The van der Waals surface area contributed by atoms with Crippen LogP contribution in [0.4, 0.5) is 0 Å². The minimum atomic E-state index is -0.742. The second kappa shape index (κ2) is 5.49. The summed E-state index contributed by atoms with van der Waals surface area (Å²) < 4.78 is 1.08. The van der Waals surface area contributed by atoms with Crippen LogP contribution in [0.15, 0.2) is 29.3 Å². The van der Waals surface area contributed by atoms with Gasteiger partial charge >= 0.3 is 0 Å². The molecule has 0 bridgehead atoms. The Morgan fingerprint density at radius 1 is 1.67 bits per heavy atom. The third-order valence-electron chi connectivity index (χ3n) is 1.53. The Kier molecular flexibility index (Phi) is 4.28. The molecule has 0 aliphatic heterocycles. The number of nitro groups is 1. The van der Waals surface area contributed by atoms with Crippen molar-refractivity contribution >= 4 is 28.6 Å². The van der Waals surface area contributed by atoms with Crippen LogP contribution in [0.25, 0.3) is 0 Å². The Labute approximate surface area is 99.8 Å². The smallest absolute Gasteiger partial charge is 0.251 e. The van der Waals surface area contributed by atoms with Crippen molar-refractivity contribution in [1.29, 1.82) is 0 Å². The first-order valence-electron chi connectivity index (χ1n) is 4.03. The second-order valence-corrected chi connectivity index (χ2v) is 3.95. The lowest BCUT2D eigenvalue weighted by molar-refractivity contribution is -0.525. The molecule has 1 rings (SSSR count). The van der Waals surface area contributed by atoms with Crippen molar-refractivity contribution in [3.63, 3.8) is 0 Å². The van der Waals surface area contributed by atoms with Crippen LogP contribution in [0.5, 0.6) is 0 Å². The largest absolute Gasteiger partial charge is 0.365 e. The third-order valence-corrected chi connectivity index (χ3v) is 2.20. The van der Waals surface area contributed by atoms with Crippen LogP contribution in [-0.4, -0.2) is 11.0 Å². The Bertz CT molecular complexity index is 394. The molecular formula is C8H9IN4O2. The lowest BCUT2D eigenvalue weighted by atomic mass is 10.2. The van der Waals surface area contributed by atoms with Crippen LogP contribution in [0, 0.1) is 13.7 Å². The Hall–Kier alpha value is -1.38. The van der Waals surface area contributed by atoms with E-state index in [2.05, 4.69) is 27.6 Å². The molecule has 0 heterocycles. The maximum atomic E-state index is 10.0. The average molecular weight is 320 g/mol. The number of hydrogen-bond donors (Lipinski definition) is 2. The quantitative estimate of drug-likeness (QED) is 0.284. The van der Waals surface area contributed by atoms with Gasteiger partial charge in [0.1, 0.15) is 0 Å². The number of nitrogens with zero attached hydrogens (tertiary/aromatic N) is 2. The van der Waals surface area contributed by atoms with E-state index in [0.29, 0.717) is 6.54 Å². The molecule has 3 N–H and O–H groups in total. The summed E-state index contributed by atoms with van der Waals surface area (Å²) in [6.07, 6.45) is 0. The van der Waals surface area contributed by atoms with E-state index in [1.807, 2.05) is 24.3 Å². The highest BCUT2D eigenvalue weighted by Gasteiger charge is 1.98. The summed E-state index contributed by atoms with van der Waals surface area (Å²) >= 11 is 2.18. The summed E-state index contributed by atoms with van der Waals surface area (Å²) in [6.45, 7) is 0.323. The molecule has 0 atom stereocenters. The lowest BCUT2D eigenvalue weighted by Crippen LogP contribution is -2.36. The molecule has 1 aromatic carbocycles. The van der Waals surface area contributed by atoms with Crippen molar-refractivity contribution in [3.05, 3.63) is 43.5 Å². The lowest BCUT2D eigenvalue weighted by Gasteiger charge is -1.98. The molecule has 0 saturated heterocycles. The molecule has 0 aromatic heterocycles. The number of hydrogen-bond acceptors (Lipinski definition) is 3. The van der Waals surface area contributed by atoms with Crippen molar-refractivity contribution in [2.45, 2.75) is 6.54 Å². The monoisotopic (exact) mass is 320 g/mol. The van der Waals surface area contributed by atoms with E-state index in [-0.39, 0.29) is 5.96 Å². The molecule has 7 heteroatoms. The zero-order valence-corrected chi connectivity index (χ0v) is 9.84. The van der Waals surface area contributed by atoms with Crippen molar-refractivity contribution < 1.29 is 5.03 Å². The van der Waals surface area contributed by atoms with Gasteiger partial charge in [-0.15, -0.1) is 0 Å². The molecule has 0 fully saturated rings. The standard InChI is InChI=1S/C8H9IN4O2/c9-7-3-1-2-6(4-7)5-11-8(10)12-13(14)15/h1-4H,5H2,(H3,10,11,12). The number of halogens is 1. The fourth-order valence-corrected chi connectivity index (χ4v) is 1.55. The molecular weight excluding hydrogens is 311 g/mol. The van der Waals surface area contributed by atoms with Gasteiger partial charge in [0.05, 0.1) is 6.54 Å². The first kappa shape index (κ1) is 11.7. The summed E-state index contributed by atoms with van der Waals surface area (Å²) in [5.74, 6) is -0.195. The van der Waals surface area contributed by atoms with Gasteiger partial charge in [-0.25, -0.2) is 15.1 Å². The van der Waals surface area contributed by atoms with Crippen LogP contribution in [0.2, 0.25) is 0 Å². The fourth-order valence-electron chi connectivity index (χ4n) is 0.941. The summed E-state index contributed by atoms with van der Waals surface area (Å²) in [7, 11) is 0. The molecule has 6 nitrogen and oxygen atoms in total. The molecule has 0 spiro atoms. The van der Waals surface area contributed by atoms with E-state index in [9.17, 15) is 10.1 Å². The van der Waals surface area contributed by atoms with Crippen molar-refractivity contribution in [3.8, 4) is 0 Å². The van der Waals surface area contributed by atoms with E-state index in [1.165, 1.54) is 0 Å². The number of benzene rings is 1. The van der Waals surface area contributed by atoms with Crippen molar-refractivity contribution in [2.24, 2.45) is 10.7 Å². The molecule has 80 valence electrons. The van der Waals surface area contributed by atoms with E-state index in [0.717, 1.165) is 9.13 Å². The van der Waals surface area contributed by atoms with Crippen molar-refractivity contribution in [1.82, 2.24) is 5.43 Å². The normalized spacial score (nSPS) is 11.1. The maximum absolute atomic E-state index is 10.0. The Morgan fingerprint density at radius 3 is 3.00 bits per heavy atom. The van der Waals surface area contributed by atoms with Crippen molar-refractivity contribution in [2.75, 3.05) is 0 Å². The minimum absolute atomic E-state index is 0.195. The highest BCUT2D eigenvalue weighted by Crippen LogP contribution is 2.08. The zero-order valence-electron chi connectivity index (χ0n) is 7.68. The molecule has 0 aliphatic rings. The van der Waals surface area contributed by atoms with Gasteiger partial charge in [-0.1, -0.05) is 17.6 Å². The predicted molar refractivity (Wildman–Crippen MR) is 64.6 cm³/mol. The minimum Gasteiger partial charge on any atom is -0.365 e. The molecule has 15 heavy (non-hydrogen) atoms. The Morgan fingerprint density at radius 2 is 2.40 bits per heavy atom. The van der Waals surface area contributed by atoms with Gasteiger partial charge in [0.25, 0.3) is 5.96 Å². The molecule has 0 aliphatic carbocycles. The van der Waals surface area contributed by atoms with Crippen LogP contribution < -0.4 is 11.2 Å². The maximum Gasteiger partial charge on any atom is 0.251 e. The SMILES string of the molecule is NC(=NCc1cccc(I)c1)N[N+](=O)[O-]. The average Bonchev–Trinajstić information content (AvgIpc) is 2.14.